The summed E-state index contributed by atoms with van der Waals surface area (Å²) in [6.45, 7) is 5.52. The second-order valence-electron chi connectivity index (χ2n) is 5.94. The Labute approximate surface area is 155 Å². The fourth-order valence-corrected chi connectivity index (χ4v) is 2.00. The molecule has 1 unspecified atom stereocenters. The first-order chi connectivity index (χ1) is 12.7. The highest BCUT2D eigenvalue weighted by molar-refractivity contribution is 5.71. The standard InChI is InChI=1S/C17H33NO8/c1-18(2)13-17(19)26-15-16-14-24-10-9-22-6-5-20-3-4-21-7-8-23-11-12-25-16/h16H,3-15H2,1-2H3. The average molecular weight is 379 g/mol. The van der Waals surface area contributed by atoms with Crippen molar-refractivity contribution in [2.45, 2.75) is 6.10 Å². The summed E-state index contributed by atoms with van der Waals surface area (Å²) in [5.74, 6) is -0.296. The van der Waals surface area contributed by atoms with E-state index in [1.165, 1.54) is 0 Å². The number of esters is 1. The second-order valence-corrected chi connectivity index (χ2v) is 5.94. The number of likely N-dealkylation sites (N-methyl/N-ethyl adjacent to an activating group) is 1. The van der Waals surface area contributed by atoms with Crippen molar-refractivity contribution < 1.29 is 38.0 Å². The third kappa shape index (κ3) is 14.4. The van der Waals surface area contributed by atoms with Crippen molar-refractivity contribution in [3.05, 3.63) is 0 Å². The van der Waals surface area contributed by atoms with Crippen LogP contribution in [0.25, 0.3) is 0 Å². The molecule has 26 heavy (non-hydrogen) atoms. The summed E-state index contributed by atoms with van der Waals surface area (Å²) in [5, 5.41) is 0. The van der Waals surface area contributed by atoms with Gasteiger partial charge in [-0.2, -0.15) is 0 Å². The highest BCUT2D eigenvalue weighted by atomic mass is 16.6. The van der Waals surface area contributed by atoms with Gasteiger partial charge in [-0.3, -0.25) is 9.69 Å². The zero-order valence-corrected chi connectivity index (χ0v) is 16.0. The summed E-state index contributed by atoms with van der Waals surface area (Å²) < 4.78 is 38.1. The van der Waals surface area contributed by atoms with Gasteiger partial charge in [0.05, 0.1) is 79.2 Å². The monoisotopic (exact) mass is 379 g/mol. The zero-order valence-electron chi connectivity index (χ0n) is 16.0. The van der Waals surface area contributed by atoms with Crippen LogP contribution in [0, 0.1) is 0 Å². The Hall–Kier alpha value is -0.810. The van der Waals surface area contributed by atoms with Crippen LogP contribution in [0.3, 0.4) is 0 Å². The Balaban J connectivity index is 2.30. The van der Waals surface area contributed by atoms with E-state index in [0.29, 0.717) is 72.7 Å². The molecule has 1 saturated heterocycles. The third-order valence-electron chi connectivity index (χ3n) is 3.25. The maximum atomic E-state index is 11.7. The number of carbonyl (C=O) groups is 1. The van der Waals surface area contributed by atoms with Crippen LogP contribution in [-0.4, -0.2) is 117 Å². The fraction of sp³-hybridized carbons (Fsp3) is 0.941. The summed E-state index contributed by atoms with van der Waals surface area (Å²) in [5.41, 5.74) is 0. The van der Waals surface area contributed by atoms with Gasteiger partial charge < -0.3 is 33.2 Å². The molecule has 154 valence electrons. The van der Waals surface area contributed by atoms with E-state index in [0.717, 1.165) is 0 Å². The molecule has 1 atom stereocenters. The number of carbonyl (C=O) groups excluding carboxylic acids is 1. The summed E-state index contributed by atoms with van der Waals surface area (Å²) in [6, 6.07) is 0. The van der Waals surface area contributed by atoms with Crippen molar-refractivity contribution in [2.75, 3.05) is 99.9 Å². The van der Waals surface area contributed by atoms with Gasteiger partial charge in [-0.1, -0.05) is 0 Å². The molecule has 1 fully saturated rings. The molecular formula is C17H33NO8. The van der Waals surface area contributed by atoms with Crippen LogP contribution in [0.5, 0.6) is 0 Å². The van der Waals surface area contributed by atoms with E-state index in [1.807, 2.05) is 14.1 Å². The maximum Gasteiger partial charge on any atom is 0.320 e. The molecule has 1 heterocycles. The summed E-state index contributed by atoms with van der Waals surface area (Å²) in [6.07, 6.45) is -0.344. The van der Waals surface area contributed by atoms with Crippen LogP contribution in [0.15, 0.2) is 0 Å². The number of ether oxygens (including phenoxy) is 7. The molecule has 0 bridgehead atoms. The highest BCUT2D eigenvalue weighted by Gasteiger charge is 2.14. The molecular weight excluding hydrogens is 346 g/mol. The molecule has 0 aromatic rings. The Morgan fingerprint density at radius 1 is 0.808 bits per heavy atom. The van der Waals surface area contributed by atoms with Crippen LogP contribution in [0.4, 0.5) is 0 Å². The molecule has 0 saturated carbocycles. The predicted octanol–water partition coefficient (Wildman–Crippen LogP) is -0.427. The molecule has 0 aromatic carbocycles. The lowest BCUT2D eigenvalue weighted by Crippen LogP contribution is -2.32. The van der Waals surface area contributed by atoms with E-state index in [-0.39, 0.29) is 25.2 Å². The number of rotatable bonds is 4. The van der Waals surface area contributed by atoms with Crippen molar-refractivity contribution in [1.29, 1.82) is 0 Å². The van der Waals surface area contributed by atoms with Crippen LogP contribution >= 0.6 is 0 Å². The third-order valence-corrected chi connectivity index (χ3v) is 3.25. The predicted molar refractivity (Wildman–Crippen MR) is 93.3 cm³/mol. The minimum atomic E-state index is -0.344. The van der Waals surface area contributed by atoms with Gasteiger partial charge in [0.15, 0.2) is 0 Å². The first-order valence-electron chi connectivity index (χ1n) is 8.99. The quantitative estimate of drug-likeness (QED) is 0.604. The van der Waals surface area contributed by atoms with Gasteiger partial charge in [0.1, 0.15) is 12.7 Å². The summed E-state index contributed by atoms with van der Waals surface area (Å²) in [4.78, 5) is 13.4. The summed E-state index contributed by atoms with van der Waals surface area (Å²) >= 11 is 0. The normalized spacial score (nSPS) is 23.1. The molecule has 0 spiro atoms. The maximum absolute atomic E-state index is 11.7. The number of hydrogen-bond donors (Lipinski definition) is 0. The Kier molecular flexibility index (Phi) is 14.6. The summed E-state index contributed by atoms with van der Waals surface area (Å²) in [7, 11) is 3.62. The van der Waals surface area contributed by atoms with Gasteiger partial charge in [-0.05, 0) is 14.1 Å². The van der Waals surface area contributed by atoms with Crippen LogP contribution in [0.1, 0.15) is 0 Å². The topological polar surface area (TPSA) is 84.9 Å². The van der Waals surface area contributed by atoms with Crippen molar-refractivity contribution in [2.24, 2.45) is 0 Å². The molecule has 0 amide bonds. The van der Waals surface area contributed by atoms with Gasteiger partial charge >= 0.3 is 5.97 Å². The molecule has 1 rings (SSSR count). The molecule has 0 radical (unpaired) electrons. The van der Waals surface area contributed by atoms with Gasteiger partial charge in [0.25, 0.3) is 0 Å². The molecule has 0 N–H and O–H groups in total. The van der Waals surface area contributed by atoms with Crippen molar-refractivity contribution in [1.82, 2.24) is 4.90 Å². The van der Waals surface area contributed by atoms with Crippen LogP contribution < -0.4 is 0 Å². The Morgan fingerprint density at radius 3 is 1.77 bits per heavy atom. The van der Waals surface area contributed by atoms with Crippen molar-refractivity contribution in [3.63, 3.8) is 0 Å². The van der Waals surface area contributed by atoms with Crippen molar-refractivity contribution in [3.8, 4) is 0 Å². The smallest absolute Gasteiger partial charge is 0.320 e. The van der Waals surface area contributed by atoms with Gasteiger partial charge in [0, 0.05) is 0 Å². The number of hydrogen-bond acceptors (Lipinski definition) is 9. The molecule has 9 heteroatoms. The van der Waals surface area contributed by atoms with E-state index in [4.69, 9.17) is 33.2 Å². The van der Waals surface area contributed by atoms with Gasteiger partial charge in [0.2, 0.25) is 0 Å². The van der Waals surface area contributed by atoms with Crippen molar-refractivity contribution >= 4 is 5.97 Å². The van der Waals surface area contributed by atoms with Gasteiger partial charge in [-0.25, -0.2) is 0 Å². The number of nitrogens with zero attached hydrogens (tertiary/aromatic N) is 1. The van der Waals surface area contributed by atoms with E-state index >= 15 is 0 Å². The molecule has 9 nitrogen and oxygen atoms in total. The molecule has 0 aromatic heterocycles. The van der Waals surface area contributed by atoms with E-state index in [1.54, 1.807) is 4.90 Å². The van der Waals surface area contributed by atoms with Crippen LogP contribution in [-0.2, 0) is 38.0 Å². The Morgan fingerprint density at radius 2 is 1.27 bits per heavy atom. The van der Waals surface area contributed by atoms with Crippen LogP contribution in [0.2, 0.25) is 0 Å². The minimum absolute atomic E-state index is 0.143. The largest absolute Gasteiger partial charge is 0.462 e. The lowest BCUT2D eigenvalue weighted by atomic mass is 10.4. The van der Waals surface area contributed by atoms with E-state index in [9.17, 15) is 4.79 Å². The second kappa shape index (κ2) is 16.4. The first kappa shape index (κ1) is 23.2. The van der Waals surface area contributed by atoms with E-state index < -0.39 is 0 Å². The zero-order chi connectivity index (χ0) is 18.9. The van der Waals surface area contributed by atoms with E-state index in [2.05, 4.69) is 0 Å². The van der Waals surface area contributed by atoms with Gasteiger partial charge in [-0.15, -0.1) is 0 Å². The Bertz CT molecular complexity index is 325. The average Bonchev–Trinajstić information content (AvgIpc) is 2.60. The lowest BCUT2D eigenvalue weighted by Gasteiger charge is -2.19. The first-order valence-corrected chi connectivity index (χ1v) is 8.99. The highest BCUT2D eigenvalue weighted by Crippen LogP contribution is 1.98. The molecule has 1 aliphatic heterocycles. The fourth-order valence-electron chi connectivity index (χ4n) is 2.00. The SMILES string of the molecule is CN(C)CC(=O)OCC1COCCOCCOCCOCCOCCO1. The molecule has 0 aliphatic carbocycles. The minimum Gasteiger partial charge on any atom is -0.462 e. The lowest BCUT2D eigenvalue weighted by molar-refractivity contribution is -0.151. The molecule has 1 aliphatic rings.